The predicted molar refractivity (Wildman–Crippen MR) is 124 cm³/mol. The minimum absolute atomic E-state index is 0. The topological polar surface area (TPSA) is 44.3 Å². The molecule has 0 radical (unpaired) electrons. The summed E-state index contributed by atoms with van der Waals surface area (Å²) in [5, 5.41) is 3.93. The average molecular weight is 475 g/mol. The number of halogens is 2. The third-order valence-electron chi connectivity index (χ3n) is 4.24. The van der Waals surface area contributed by atoms with Crippen LogP contribution in [0.3, 0.4) is 0 Å². The number of nitrogens with one attached hydrogen (secondary N) is 1. The Morgan fingerprint density at radius 3 is 2.37 bits per heavy atom. The van der Waals surface area contributed by atoms with Crippen LogP contribution in [0.5, 0.6) is 0 Å². The van der Waals surface area contributed by atoms with Crippen molar-refractivity contribution in [1.29, 1.82) is 0 Å². The SMILES string of the molecule is Br.CCN(CC)CCNc1nc(N(C)Cc2ccccc2)nc(Cl)c1SC. The molecule has 0 amide bonds. The smallest absolute Gasteiger partial charge is 0.228 e. The lowest BCUT2D eigenvalue weighted by atomic mass is 10.2. The Labute approximate surface area is 182 Å². The van der Waals surface area contributed by atoms with E-state index in [-0.39, 0.29) is 17.0 Å². The molecular formula is C19H29BrClN5S. The summed E-state index contributed by atoms with van der Waals surface area (Å²) < 4.78 is 0. The maximum absolute atomic E-state index is 6.43. The summed E-state index contributed by atoms with van der Waals surface area (Å²) in [5.74, 6) is 1.43. The van der Waals surface area contributed by atoms with E-state index in [4.69, 9.17) is 16.6 Å². The number of aromatic nitrogens is 2. The van der Waals surface area contributed by atoms with Gasteiger partial charge in [0.1, 0.15) is 11.0 Å². The second kappa shape index (κ2) is 12.4. The van der Waals surface area contributed by atoms with Crippen LogP contribution in [0.25, 0.3) is 0 Å². The first-order chi connectivity index (χ1) is 12.6. The molecule has 0 aliphatic carbocycles. The van der Waals surface area contributed by atoms with Crippen molar-refractivity contribution in [3.8, 4) is 0 Å². The van der Waals surface area contributed by atoms with Gasteiger partial charge in [-0.15, -0.1) is 28.7 Å². The molecule has 150 valence electrons. The van der Waals surface area contributed by atoms with E-state index in [0.717, 1.165) is 43.4 Å². The summed E-state index contributed by atoms with van der Waals surface area (Å²) in [4.78, 5) is 14.5. The molecule has 5 nitrogen and oxygen atoms in total. The lowest BCUT2D eigenvalue weighted by molar-refractivity contribution is 0.316. The van der Waals surface area contributed by atoms with Crippen LogP contribution in [-0.2, 0) is 6.54 Å². The molecule has 2 aromatic rings. The van der Waals surface area contributed by atoms with E-state index in [2.05, 4.69) is 41.2 Å². The number of thioether (sulfide) groups is 1. The van der Waals surface area contributed by atoms with Crippen LogP contribution < -0.4 is 10.2 Å². The van der Waals surface area contributed by atoms with Crippen LogP contribution in [0.1, 0.15) is 19.4 Å². The minimum atomic E-state index is 0. The van der Waals surface area contributed by atoms with E-state index in [0.29, 0.717) is 11.1 Å². The Bertz CT molecular complexity index is 685. The van der Waals surface area contributed by atoms with Gasteiger partial charge in [-0.05, 0) is 24.9 Å². The van der Waals surface area contributed by atoms with Crippen molar-refractivity contribution in [3.63, 3.8) is 0 Å². The highest BCUT2D eigenvalue weighted by Crippen LogP contribution is 2.32. The van der Waals surface area contributed by atoms with Crippen LogP contribution in [0.15, 0.2) is 35.2 Å². The second-order valence-corrected chi connectivity index (χ2v) is 7.17. The molecule has 0 aliphatic rings. The maximum atomic E-state index is 6.43. The zero-order valence-electron chi connectivity index (χ0n) is 16.4. The van der Waals surface area contributed by atoms with E-state index in [1.807, 2.05) is 36.4 Å². The number of hydrogen-bond acceptors (Lipinski definition) is 6. The van der Waals surface area contributed by atoms with Crippen LogP contribution in [0.4, 0.5) is 11.8 Å². The summed E-state index contributed by atoms with van der Waals surface area (Å²) in [6.45, 7) is 8.97. The average Bonchev–Trinajstić information content (AvgIpc) is 2.65. The molecule has 0 saturated heterocycles. The molecule has 0 atom stereocenters. The molecule has 1 aromatic heterocycles. The highest BCUT2D eigenvalue weighted by atomic mass is 79.9. The first-order valence-electron chi connectivity index (χ1n) is 8.91. The van der Waals surface area contributed by atoms with Crippen molar-refractivity contribution in [2.24, 2.45) is 0 Å². The van der Waals surface area contributed by atoms with Gasteiger partial charge in [-0.25, -0.2) is 0 Å². The number of benzene rings is 1. The Hall–Kier alpha value is -1.02. The third kappa shape index (κ3) is 7.14. The highest BCUT2D eigenvalue weighted by molar-refractivity contribution is 8.93. The summed E-state index contributed by atoms with van der Waals surface area (Å²) in [7, 11) is 1.98. The van der Waals surface area contributed by atoms with E-state index in [9.17, 15) is 0 Å². The Balaban J connectivity index is 0.00000364. The summed E-state index contributed by atoms with van der Waals surface area (Å²) in [5.41, 5.74) is 1.21. The molecule has 2 rings (SSSR count). The molecule has 27 heavy (non-hydrogen) atoms. The van der Waals surface area contributed by atoms with Crippen LogP contribution in [0, 0.1) is 0 Å². The normalized spacial score (nSPS) is 10.6. The van der Waals surface area contributed by atoms with Gasteiger partial charge in [-0.1, -0.05) is 55.8 Å². The minimum Gasteiger partial charge on any atom is -0.368 e. The first-order valence-corrected chi connectivity index (χ1v) is 10.5. The molecular weight excluding hydrogens is 446 g/mol. The Morgan fingerprint density at radius 1 is 1.11 bits per heavy atom. The van der Waals surface area contributed by atoms with Crippen molar-refractivity contribution in [1.82, 2.24) is 14.9 Å². The number of hydrogen-bond donors (Lipinski definition) is 1. The fourth-order valence-corrected chi connectivity index (χ4v) is 3.61. The van der Waals surface area contributed by atoms with Gasteiger partial charge in [0.05, 0.1) is 4.90 Å². The lowest BCUT2D eigenvalue weighted by Gasteiger charge is -2.21. The molecule has 8 heteroatoms. The van der Waals surface area contributed by atoms with Gasteiger partial charge in [0.25, 0.3) is 0 Å². The van der Waals surface area contributed by atoms with Gasteiger partial charge in [0.15, 0.2) is 0 Å². The second-order valence-electron chi connectivity index (χ2n) is 5.99. The number of nitrogens with zero attached hydrogens (tertiary/aromatic N) is 4. The zero-order valence-corrected chi connectivity index (χ0v) is 19.7. The van der Waals surface area contributed by atoms with E-state index in [1.54, 1.807) is 11.8 Å². The van der Waals surface area contributed by atoms with Crippen LogP contribution in [-0.4, -0.2) is 54.4 Å². The molecule has 1 aromatic carbocycles. The van der Waals surface area contributed by atoms with E-state index in [1.165, 1.54) is 5.56 Å². The van der Waals surface area contributed by atoms with Gasteiger partial charge in [-0.2, -0.15) is 9.97 Å². The fraction of sp³-hybridized carbons (Fsp3) is 0.474. The van der Waals surface area contributed by atoms with E-state index < -0.39 is 0 Å². The van der Waals surface area contributed by atoms with Crippen molar-refractivity contribution in [2.45, 2.75) is 25.3 Å². The van der Waals surface area contributed by atoms with Crippen LogP contribution in [0.2, 0.25) is 5.15 Å². The molecule has 1 heterocycles. The Morgan fingerprint density at radius 2 is 1.78 bits per heavy atom. The summed E-state index contributed by atoms with van der Waals surface area (Å²) in [6.07, 6.45) is 1.99. The molecule has 0 spiro atoms. The molecule has 0 fully saturated rings. The number of rotatable bonds is 10. The molecule has 1 N–H and O–H groups in total. The maximum Gasteiger partial charge on any atom is 0.228 e. The number of anilines is 2. The zero-order chi connectivity index (χ0) is 18.9. The van der Waals surface area contributed by atoms with Gasteiger partial charge in [0.2, 0.25) is 5.95 Å². The van der Waals surface area contributed by atoms with Gasteiger partial charge in [0, 0.05) is 26.7 Å². The predicted octanol–water partition coefficient (Wildman–Crippen LogP) is 4.82. The monoisotopic (exact) mass is 473 g/mol. The quantitative estimate of drug-likeness (QED) is 0.393. The van der Waals surface area contributed by atoms with Crippen molar-refractivity contribution in [2.75, 3.05) is 49.7 Å². The standard InChI is InChI=1S/C19H28ClN5S.BrH/c1-5-25(6-2)13-12-21-18-16(26-4)17(20)22-19(23-18)24(3)14-15-10-8-7-9-11-15;/h7-11H,5-6,12-14H2,1-4H3,(H,21,22,23);1H. The lowest BCUT2D eigenvalue weighted by Crippen LogP contribution is -2.29. The molecule has 0 saturated carbocycles. The summed E-state index contributed by atoms with van der Waals surface area (Å²) >= 11 is 7.99. The van der Waals surface area contributed by atoms with Crippen LogP contribution >= 0.6 is 40.3 Å². The fourth-order valence-electron chi connectivity index (χ4n) is 2.68. The largest absolute Gasteiger partial charge is 0.368 e. The van der Waals surface area contributed by atoms with E-state index >= 15 is 0 Å². The van der Waals surface area contributed by atoms with Crippen molar-refractivity contribution < 1.29 is 0 Å². The first kappa shape index (κ1) is 24.0. The van der Waals surface area contributed by atoms with Crippen molar-refractivity contribution in [3.05, 3.63) is 41.0 Å². The third-order valence-corrected chi connectivity index (χ3v) is 5.42. The van der Waals surface area contributed by atoms with Gasteiger partial charge < -0.3 is 15.1 Å². The Kier molecular flexibility index (Phi) is 11.1. The van der Waals surface area contributed by atoms with Gasteiger partial charge in [-0.3, -0.25) is 0 Å². The van der Waals surface area contributed by atoms with Gasteiger partial charge >= 0.3 is 0 Å². The molecule has 0 unspecified atom stereocenters. The molecule has 0 aliphatic heterocycles. The highest BCUT2D eigenvalue weighted by Gasteiger charge is 2.15. The number of likely N-dealkylation sites (N-methyl/N-ethyl adjacent to an activating group) is 1. The summed E-state index contributed by atoms with van der Waals surface area (Å²) in [6, 6.07) is 10.3. The van der Waals surface area contributed by atoms with Crippen molar-refractivity contribution >= 4 is 52.1 Å². The molecule has 0 bridgehead atoms.